The van der Waals surface area contributed by atoms with Crippen LogP contribution in [0.4, 0.5) is 0 Å². The summed E-state index contributed by atoms with van der Waals surface area (Å²) >= 11 is 0. The number of nitrogens with two attached hydrogens (primary N) is 1. The quantitative estimate of drug-likeness (QED) is 0.777. The highest BCUT2D eigenvalue weighted by molar-refractivity contribution is 4.99. The zero-order valence-corrected chi connectivity index (χ0v) is 11.1. The first-order valence-corrected chi connectivity index (χ1v) is 7.40. The van der Waals surface area contributed by atoms with Gasteiger partial charge in [0.2, 0.25) is 0 Å². The molecule has 98 valence electrons. The van der Waals surface area contributed by atoms with Crippen molar-refractivity contribution in [1.82, 2.24) is 9.80 Å². The minimum absolute atomic E-state index is 0.509. The fourth-order valence-electron chi connectivity index (χ4n) is 4.31. The van der Waals surface area contributed by atoms with Crippen molar-refractivity contribution in [3.63, 3.8) is 0 Å². The van der Waals surface area contributed by atoms with Gasteiger partial charge in [-0.05, 0) is 63.6 Å². The lowest BCUT2D eigenvalue weighted by molar-refractivity contribution is 0.178. The van der Waals surface area contributed by atoms with Gasteiger partial charge >= 0.3 is 0 Å². The topological polar surface area (TPSA) is 32.5 Å². The molecule has 0 aromatic rings. The van der Waals surface area contributed by atoms with E-state index in [4.69, 9.17) is 5.73 Å². The maximum absolute atomic E-state index is 6.41. The minimum atomic E-state index is 0.509. The molecular formula is C14H27N3. The predicted molar refractivity (Wildman–Crippen MR) is 70.9 cm³/mol. The van der Waals surface area contributed by atoms with Gasteiger partial charge in [0, 0.05) is 25.7 Å². The number of nitrogens with zero attached hydrogens (tertiary/aromatic N) is 2. The molecule has 3 nitrogen and oxygen atoms in total. The Labute approximate surface area is 105 Å². The van der Waals surface area contributed by atoms with Gasteiger partial charge in [0.25, 0.3) is 0 Å². The van der Waals surface area contributed by atoms with E-state index in [1.807, 2.05) is 0 Å². The van der Waals surface area contributed by atoms with Crippen LogP contribution in [-0.4, -0.2) is 55.6 Å². The number of hydrogen-bond donors (Lipinski definition) is 1. The van der Waals surface area contributed by atoms with E-state index in [-0.39, 0.29) is 0 Å². The van der Waals surface area contributed by atoms with E-state index >= 15 is 0 Å². The van der Waals surface area contributed by atoms with Gasteiger partial charge in [0.15, 0.2) is 0 Å². The van der Waals surface area contributed by atoms with Crippen molar-refractivity contribution in [3.05, 3.63) is 0 Å². The first-order valence-electron chi connectivity index (χ1n) is 7.40. The summed E-state index contributed by atoms with van der Waals surface area (Å²) in [6.07, 6.45) is 5.62. The monoisotopic (exact) mass is 237 g/mol. The average Bonchev–Trinajstić information content (AvgIpc) is 2.82. The minimum Gasteiger partial charge on any atom is -0.327 e. The average molecular weight is 237 g/mol. The van der Waals surface area contributed by atoms with E-state index in [0.29, 0.717) is 6.04 Å². The lowest BCUT2D eigenvalue weighted by Gasteiger charge is -2.33. The smallest absolute Gasteiger partial charge is 0.0111 e. The van der Waals surface area contributed by atoms with Crippen LogP contribution in [0.3, 0.4) is 0 Å². The van der Waals surface area contributed by atoms with Crippen LogP contribution in [0.5, 0.6) is 0 Å². The molecule has 3 rings (SSSR count). The molecule has 0 aromatic heterocycles. The Balaban J connectivity index is 1.56. The van der Waals surface area contributed by atoms with Gasteiger partial charge in [-0.2, -0.15) is 0 Å². The van der Waals surface area contributed by atoms with Gasteiger partial charge in [-0.25, -0.2) is 0 Å². The molecule has 1 saturated heterocycles. The Morgan fingerprint density at radius 2 is 1.88 bits per heavy atom. The second-order valence-electron chi connectivity index (χ2n) is 6.53. The lowest BCUT2D eigenvalue weighted by atomic mass is 9.84. The second kappa shape index (κ2) is 4.87. The van der Waals surface area contributed by atoms with Crippen molar-refractivity contribution >= 4 is 0 Å². The molecular weight excluding hydrogens is 210 g/mol. The van der Waals surface area contributed by atoms with Crippen molar-refractivity contribution in [3.8, 4) is 0 Å². The SMILES string of the molecule is CN1CCCN(CC2C3CCC(C3)C2N)CC1. The number of rotatable bonds is 2. The number of hydrogen-bond acceptors (Lipinski definition) is 3. The molecule has 0 amide bonds. The van der Waals surface area contributed by atoms with E-state index in [2.05, 4.69) is 16.8 Å². The molecule has 0 radical (unpaired) electrons. The van der Waals surface area contributed by atoms with Crippen molar-refractivity contribution in [2.75, 3.05) is 39.8 Å². The molecule has 3 aliphatic rings. The Morgan fingerprint density at radius 1 is 1.06 bits per heavy atom. The summed E-state index contributed by atoms with van der Waals surface area (Å²) in [6.45, 7) is 6.30. The zero-order chi connectivity index (χ0) is 11.8. The van der Waals surface area contributed by atoms with Gasteiger partial charge in [-0.3, -0.25) is 0 Å². The maximum atomic E-state index is 6.41. The highest BCUT2D eigenvalue weighted by Gasteiger charge is 2.45. The first-order chi connectivity index (χ1) is 8.24. The second-order valence-corrected chi connectivity index (χ2v) is 6.53. The van der Waals surface area contributed by atoms with Crippen LogP contribution in [0.2, 0.25) is 0 Å². The third-order valence-corrected chi connectivity index (χ3v) is 5.44. The van der Waals surface area contributed by atoms with Gasteiger partial charge in [-0.1, -0.05) is 0 Å². The van der Waals surface area contributed by atoms with Crippen molar-refractivity contribution in [2.24, 2.45) is 23.5 Å². The fourth-order valence-corrected chi connectivity index (χ4v) is 4.31. The highest BCUT2D eigenvalue weighted by Crippen LogP contribution is 2.47. The van der Waals surface area contributed by atoms with E-state index in [9.17, 15) is 0 Å². The van der Waals surface area contributed by atoms with Crippen molar-refractivity contribution in [2.45, 2.75) is 31.7 Å². The maximum Gasteiger partial charge on any atom is 0.0111 e. The third-order valence-electron chi connectivity index (χ3n) is 5.44. The Hall–Kier alpha value is -0.120. The molecule has 4 atom stereocenters. The number of fused-ring (bicyclic) bond motifs is 2. The highest BCUT2D eigenvalue weighted by atomic mass is 15.2. The normalized spacial score (nSPS) is 44.1. The molecule has 1 heterocycles. The summed E-state index contributed by atoms with van der Waals surface area (Å²) in [5.41, 5.74) is 6.41. The molecule has 0 aromatic carbocycles. The van der Waals surface area contributed by atoms with Crippen LogP contribution in [0, 0.1) is 17.8 Å². The van der Waals surface area contributed by atoms with Crippen LogP contribution >= 0.6 is 0 Å². The molecule has 3 heteroatoms. The molecule has 4 unspecified atom stereocenters. The Bertz CT molecular complexity index is 266. The van der Waals surface area contributed by atoms with Gasteiger partial charge < -0.3 is 15.5 Å². The van der Waals surface area contributed by atoms with E-state index in [1.165, 1.54) is 58.4 Å². The Morgan fingerprint density at radius 3 is 2.65 bits per heavy atom. The van der Waals surface area contributed by atoms with E-state index in [0.717, 1.165) is 17.8 Å². The van der Waals surface area contributed by atoms with Gasteiger partial charge in [0.05, 0.1) is 0 Å². The van der Waals surface area contributed by atoms with Crippen LogP contribution in [0.15, 0.2) is 0 Å². The van der Waals surface area contributed by atoms with Crippen LogP contribution in [-0.2, 0) is 0 Å². The summed E-state index contributed by atoms with van der Waals surface area (Å²) in [6, 6.07) is 0.509. The van der Waals surface area contributed by atoms with Crippen molar-refractivity contribution < 1.29 is 0 Å². The van der Waals surface area contributed by atoms with Gasteiger partial charge in [0.1, 0.15) is 0 Å². The molecule has 2 aliphatic carbocycles. The predicted octanol–water partition coefficient (Wildman–Crippen LogP) is 0.997. The lowest BCUT2D eigenvalue weighted by Crippen LogP contribution is -2.43. The molecule has 0 spiro atoms. The van der Waals surface area contributed by atoms with Gasteiger partial charge in [-0.15, -0.1) is 0 Å². The molecule has 3 fully saturated rings. The van der Waals surface area contributed by atoms with Crippen LogP contribution < -0.4 is 5.73 Å². The van der Waals surface area contributed by atoms with Crippen LogP contribution in [0.1, 0.15) is 25.7 Å². The van der Waals surface area contributed by atoms with E-state index in [1.54, 1.807) is 0 Å². The summed E-state index contributed by atoms with van der Waals surface area (Å²) in [5, 5.41) is 0. The third kappa shape index (κ3) is 2.38. The summed E-state index contributed by atoms with van der Waals surface area (Å²) in [5.74, 6) is 2.62. The molecule has 17 heavy (non-hydrogen) atoms. The van der Waals surface area contributed by atoms with Crippen molar-refractivity contribution in [1.29, 1.82) is 0 Å². The first kappa shape index (κ1) is 11.9. The Kier molecular flexibility index (Phi) is 3.42. The number of likely N-dealkylation sites (N-methyl/N-ethyl adjacent to an activating group) is 1. The summed E-state index contributed by atoms with van der Waals surface area (Å²) in [7, 11) is 2.24. The largest absolute Gasteiger partial charge is 0.327 e. The fraction of sp³-hybridized carbons (Fsp3) is 1.00. The molecule has 2 saturated carbocycles. The zero-order valence-electron chi connectivity index (χ0n) is 11.1. The van der Waals surface area contributed by atoms with E-state index < -0.39 is 0 Å². The summed E-state index contributed by atoms with van der Waals surface area (Å²) in [4.78, 5) is 5.13. The molecule has 1 aliphatic heterocycles. The molecule has 2 N–H and O–H groups in total. The summed E-state index contributed by atoms with van der Waals surface area (Å²) < 4.78 is 0. The standard InChI is InChI=1S/C14H27N3/c1-16-5-2-6-17(8-7-16)10-13-11-3-4-12(9-11)14(13)15/h11-14H,2-10,15H2,1H3. The van der Waals surface area contributed by atoms with Crippen LogP contribution in [0.25, 0.3) is 0 Å². The molecule has 2 bridgehead atoms.